The summed E-state index contributed by atoms with van der Waals surface area (Å²) >= 11 is 0. The normalized spacial score (nSPS) is 22.8. The van der Waals surface area contributed by atoms with Crippen LogP contribution in [-0.2, 0) is 30.0 Å². The molecule has 10 heteroatoms. The number of carbonyl (C=O) groups excluding carboxylic acids is 3. The molecule has 0 bridgehead atoms. The summed E-state index contributed by atoms with van der Waals surface area (Å²) in [5.74, 6) is -6.50. The Kier molecular flexibility index (Phi) is 8.46. The molecule has 1 fully saturated rings. The molecule has 4 atom stereocenters. The second-order valence-corrected chi connectivity index (χ2v) is 9.58. The molecule has 0 spiro atoms. The molecule has 1 saturated carbocycles. The van der Waals surface area contributed by atoms with Gasteiger partial charge in [-0.05, 0) is 56.5 Å². The Morgan fingerprint density at radius 2 is 1.70 bits per heavy atom. The number of benzene rings is 2. The Bertz CT molecular complexity index is 1380. The molecule has 1 aliphatic heterocycles. The monoisotopic (exact) mass is 557 g/mol. The summed E-state index contributed by atoms with van der Waals surface area (Å²) in [6.07, 6.45) is -4.68. The average Bonchev–Trinajstić information content (AvgIpc) is 2.91. The van der Waals surface area contributed by atoms with Crippen LogP contribution in [0.1, 0.15) is 55.7 Å². The minimum Gasteiger partial charge on any atom is -0.497 e. The lowest BCUT2D eigenvalue weighted by molar-refractivity contribution is -0.154. The number of rotatable bonds is 7. The van der Waals surface area contributed by atoms with Gasteiger partial charge in [-0.1, -0.05) is 30.3 Å². The number of methoxy groups -OCH3 is 1. The molecule has 0 N–H and O–H groups in total. The molecule has 2 aliphatic rings. The van der Waals surface area contributed by atoms with E-state index in [1.807, 2.05) is 0 Å². The molecule has 0 aromatic heterocycles. The molecule has 0 radical (unpaired) electrons. The number of Topliss-reactive ketones (excluding diaryl/α,β-unsaturated/α-hetero) is 1. The predicted molar refractivity (Wildman–Crippen MR) is 140 cm³/mol. The van der Waals surface area contributed by atoms with E-state index < -0.39 is 53.1 Å². The number of nitrogens with zero attached hydrogens (tertiary/aromatic N) is 1. The minimum atomic E-state index is -4.76. The fourth-order valence-corrected chi connectivity index (χ4v) is 5.71. The zero-order valence-corrected chi connectivity index (χ0v) is 22.6. The van der Waals surface area contributed by atoms with Crippen molar-refractivity contribution < 1.29 is 41.8 Å². The number of ketones is 1. The van der Waals surface area contributed by atoms with E-state index in [1.165, 1.54) is 32.2 Å². The first-order valence-corrected chi connectivity index (χ1v) is 13.0. The van der Waals surface area contributed by atoms with Gasteiger partial charge in [-0.2, -0.15) is 13.2 Å². The predicted octanol–water partition coefficient (Wildman–Crippen LogP) is 5.64. The lowest BCUT2D eigenvalue weighted by Gasteiger charge is -2.41. The summed E-state index contributed by atoms with van der Waals surface area (Å²) in [5.41, 5.74) is -0.291. The Morgan fingerprint density at radius 1 is 1.00 bits per heavy atom. The molecule has 1 heterocycles. The van der Waals surface area contributed by atoms with Crippen LogP contribution in [0.2, 0.25) is 0 Å². The van der Waals surface area contributed by atoms with Gasteiger partial charge in [-0.3, -0.25) is 14.6 Å². The lowest BCUT2D eigenvalue weighted by Crippen LogP contribution is -2.49. The molecule has 4 rings (SSSR count). The maximum absolute atomic E-state index is 14.3. The van der Waals surface area contributed by atoms with Crippen molar-refractivity contribution in [2.45, 2.75) is 45.2 Å². The number of alkyl halides is 3. The smallest absolute Gasteiger partial charge is 0.416 e. The van der Waals surface area contributed by atoms with Crippen molar-refractivity contribution >= 4 is 23.4 Å². The van der Waals surface area contributed by atoms with Crippen molar-refractivity contribution in [1.29, 1.82) is 0 Å². The molecule has 212 valence electrons. The van der Waals surface area contributed by atoms with Crippen molar-refractivity contribution in [2.75, 3.05) is 20.3 Å². The average molecular weight is 558 g/mol. The largest absolute Gasteiger partial charge is 0.497 e. The van der Waals surface area contributed by atoms with E-state index in [0.29, 0.717) is 17.0 Å². The summed E-state index contributed by atoms with van der Waals surface area (Å²) in [6, 6.07) is 11.7. The quantitative estimate of drug-likeness (QED) is 0.323. The van der Waals surface area contributed by atoms with Crippen molar-refractivity contribution in [3.8, 4) is 5.75 Å². The van der Waals surface area contributed by atoms with Gasteiger partial charge in [0, 0.05) is 23.2 Å². The number of fused-ring (bicyclic) bond motifs is 1. The lowest BCUT2D eigenvalue weighted by atomic mass is 9.61. The number of hydrogen-bond acceptors (Lipinski definition) is 7. The second kappa shape index (κ2) is 11.7. The highest BCUT2D eigenvalue weighted by atomic mass is 19.4. The summed E-state index contributed by atoms with van der Waals surface area (Å²) in [4.78, 5) is 45.3. The maximum Gasteiger partial charge on any atom is 0.416 e. The van der Waals surface area contributed by atoms with E-state index in [4.69, 9.17) is 14.2 Å². The summed E-state index contributed by atoms with van der Waals surface area (Å²) in [6.45, 7) is 4.67. The Labute approximate surface area is 230 Å². The third kappa shape index (κ3) is 5.39. The number of allylic oxidation sites excluding steroid dienone is 1. The van der Waals surface area contributed by atoms with E-state index in [-0.39, 0.29) is 36.5 Å². The van der Waals surface area contributed by atoms with Gasteiger partial charge in [0.15, 0.2) is 5.78 Å². The second-order valence-electron chi connectivity index (χ2n) is 9.58. The Hall–Kier alpha value is -3.95. The van der Waals surface area contributed by atoms with Gasteiger partial charge >= 0.3 is 18.1 Å². The standard InChI is InChI=1S/C30H30F3NO6/c1-5-39-28(36)23-16(3)34-22-15-20(17-10-9-11-18(14-17)38-4)25(29(37)40-6-2)27(35)26(22)24(23)19-12-7-8-13-21(19)30(31,32)33/h7-14,20,24-26H,5-6,15H2,1-4H3. The number of carbonyl (C=O) groups is 3. The number of halogens is 3. The first-order chi connectivity index (χ1) is 19.0. The third-order valence-electron chi connectivity index (χ3n) is 7.31. The Balaban J connectivity index is 1.95. The van der Waals surface area contributed by atoms with E-state index in [2.05, 4.69) is 4.99 Å². The van der Waals surface area contributed by atoms with E-state index >= 15 is 0 Å². The summed E-state index contributed by atoms with van der Waals surface area (Å²) in [7, 11) is 1.49. The summed E-state index contributed by atoms with van der Waals surface area (Å²) < 4.78 is 58.5. The van der Waals surface area contributed by atoms with Crippen molar-refractivity contribution in [1.82, 2.24) is 0 Å². The number of ether oxygens (including phenoxy) is 3. The molecule has 2 aromatic rings. The number of aliphatic imine (C=N–C) groups is 1. The number of esters is 2. The van der Waals surface area contributed by atoms with Gasteiger partial charge in [-0.15, -0.1) is 0 Å². The van der Waals surface area contributed by atoms with Crippen molar-refractivity contribution in [3.05, 3.63) is 76.5 Å². The first kappa shape index (κ1) is 29.0. The van der Waals surface area contributed by atoms with Gasteiger partial charge < -0.3 is 14.2 Å². The topological polar surface area (TPSA) is 91.3 Å². The SMILES string of the molecule is CCOC(=O)C1=C(C)N=C2CC(c3cccc(OC)c3)C(C(=O)OCC)C(=O)C2C1c1ccccc1C(F)(F)F. The van der Waals surface area contributed by atoms with Crippen molar-refractivity contribution in [2.24, 2.45) is 16.8 Å². The molecule has 7 nitrogen and oxygen atoms in total. The first-order valence-electron chi connectivity index (χ1n) is 13.0. The molecule has 0 saturated heterocycles. The van der Waals surface area contributed by atoms with Crippen LogP contribution in [0.3, 0.4) is 0 Å². The van der Waals surface area contributed by atoms with E-state index in [9.17, 15) is 27.6 Å². The molecule has 1 aliphatic carbocycles. The van der Waals surface area contributed by atoms with Crippen molar-refractivity contribution in [3.63, 3.8) is 0 Å². The van der Waals surface area contributed by atoms with Crippen LogP contribution in [0.25, 0.3) is 0 Å². The fourth-order valence-electron chi connectivity index (χ4n) is 5.71. The van der Waals surface area contributed by atoms with Gasteiger partial charge in [0.1, 0.15) is 11.7 Å². The van der Waals surface area contributed by atoms with Crippen LogP contribution in [-0.4, -0.2) is 43.8 Å². The van der Waals surface area contributed by atoms with Crippen LogP contribution in [0, 0.1) is 11.8 Å². The molecule has 0 amide bonds. The number of hydrogen-bond donors (Lipinski definition) is 0. The van der Waals surface area contributed by atoms with Gasteiger partial charge in [0.2, 0.25) is 0 Å². The molecular formula is C30H30F3NO6. The van der Waals surface area contributed by atoms with Crippen LogP contribution in [0.15, 0.2) is 64.8 Å². The Morgan fingerprint density at radius 3 is 2.35 bits per heavy atom. The molecular weight excluding hydrogens is 527 g/mol. The van der Waals surface area contributed by atoms with E-state index in [0.717, 1.165) is 6.07 Å². The van der Waals surface area contributed by atoms with E-state index in [1.54, 1.807) is 38.1 Å². The highest BCUT2D eigenvalue weighted by Crippen LogP contribution is 2.50. The van der Waals surface area contributed by atoms with Crippen LogP contribution >= 0.6 is 0 Å². The molecule has 40 heavy (non-hydrogen) atoms. The zero-order chi connectivity index (χ0) is 29.2. The van der Waals surface area contributed by atoms with Crippen LogP contribution < -0.4 is 4.74 Å². The van der Waals surface area contributed by atoms with Gasteiger partial charge in [0.25, 0.3) is 0 Å². The highest BCUT2D eigenvalue weighted by Gasteiger charge is 2.54. The third-order valence-corrected chi connectivity index (χ3v) is 7.31. The minimum absolute atomic E-state index is 0.00643. The van der Waals surface area contributed by atoms with Gasteiger partial charge in [-0.25, -0.2) is 4.79 Å². The highest BCUT2D eigenvalue weighted by molar-refractivity contribution is 6.18. The molecule has 2 aromatic carbocycles. The maximum atomic E-state index is 14.3. The fraction of sp³-hybridized carbons (Fsp3) is 0.400. The summed E-state index contributed by atoms with van der Waals surface area (Å²) in [5, 5.41) is 0. The van der Waals surface area contributed by atoms with Crippen LogP contribution in [0.4, 0.5) is 13.2 Å². The molecule has 4 unspecified atom stereocenters. The zero-order valence-electron chi connectivity index (χ0n) is 22.6. The van der Waals surface area contributed by atoms with Gasteiger partial charge in [0.05, 0.1) is 37.4 Å². The van der Waals surface area contributed by atoms with Crippen LogP contribution in [0.5, 0.6) is 5.75 Å².